The summed E-state index contributed by atoms with van der Waals surface area (Å²) in [6.07, 6.45) is 1.02. The first-order chi connectivity index (χ1) is 6.52. The minimum absolute atomic E-state index is 0.193. The van der Waals surface area contributed by atoms with E-state index in [4.69, 9.17) is 15.9 Å². The molecule has 14 heavy (non-hydrogen) atoms. The van der Waals surface area contributed by atoms with Crippen LogP contribution in [0, 0.1) is 0 Å². The molecule has 76 valence electrons. The maximum absolute atomic E-state index is 10.5. The van der Waals surface area contributed by atoms with Crippen molar-refractivity contribution in [3.63, 3.8) is 0 Å². The molecule has 0 aromatic carbocycles. The normalized spacial score (nSPS) is 12.4. The molecular formula is C6H8N4O4. The number of carboxylic acid groups (broad SMARTS) is 2. The van der Waals surface area contributed by atoms with Crippen LogP contribution in [-0.2, 0) is 11.3 Å². The quantitative estimate of drug-likeness (QED) is 0.532. The molecule has 0 aliphatic carbocycles. The summed E-state index contributed by atoms with van der Waals surface area (Å²) >= 11 is 0. The molecule has 0 fully saturated rings. The van der Waals surface area contributed by atoms with Crippen LogP contribution in [0.4, 0.5) is 0 Å². The average molecular weight is 200 g/mol. The molecule has 1 aromatic heterocycles. The van der Waals surface area contributed by atoms with Gasteiger partial charge in [-0.25, -0.2) is 9.48 Å². The van der Waals surface area contributed by atoms with Crippen LogP contribution in [-0.4, -0.2) is 43.2 Å². The summed E-state index contributed by atoms with van der Waals surface area (Å²) in [4.78, 5) is 20.9. The molecule has 8 heteroatoms. The van der Waals surface area contributed by atoms with Gasteiger partial charge in [0.25, 0.3) is 0 Å². The summed E-state index contributed by atoms with van der Waals surface area (Å²) < 4.78 is 0.932. The summed E-state index contributed by atoms with van der Waals surface area (Å²) in [7, 11) is 0. The SMILES string of the molecule is N[C@@H](Cn1nncc1C(=O)O)C(=O)O. The third kappa shape index (κ3) is 2.04. The highest BCUT2D eigenvalue weighted by atomic mass is 16.4. The zero-order valence-electron chi connectivity index (χ0n) is 6.99. The third-order valence-electron chi connectivity index (χ3n) is 1.52. The van der Waals surface area contributed by atoms with Gasteiger partial charge >= 0.3 is 11.9 Å². The van der Waals surface area contributed by atoms with Crippen LogP contribution in [0.25, 0.3) is 0 Å². The van der Waals surface area contributed by atoms with E-state index in [0.29, 0.717) is 0 Å². The van der Waals surface area contributed by atoms with Crippen molar-refractivity contribution in [3.8, 4) is 0 Å². The van der Waals surface area contributed by atoms with E-state index in [2.05, 4.69) is 10.3 Å². The Hall–Kier alpha value is -1.96. The smallest absolute Gasteiger partial charge is 0.355 e. The number of hydrogen-bond donors (Lipinski definition) is 3. The molecule has 1 aromatic rings. The highest BCUT2D eigenvalue weighted by Gasteiger charge is 2.17. The summed E-state index contributed by atoms with van der Waals surface area (Å²) in [6.45, 7) is -0.225. The van der Waals surface area contributed by atoms with Crippen molar-refractivity contribution in [2.45, 2.75) is 12.6 Å². The standard InChI is InChI=1S/C6H8N4O4/c7-3(5(11)12)2-10-4(6(13)14)1-8-9-10/h1,3H,2,7H2,(H,11,12)(H,13,14)/t3-/m0/s1. The van der Waals surface area contributed by atoms with Crippen LogP contribution < -0.4 is 5.73 Å². The molecular weight excluding hydrogens is 192 g/mol. The Morgan fingerprint density at radius 2 is 2.21 bits per heavy atom. The molecule has 0 saturated heterocycles. The summed E-state index contributed by atoms with van der Waals surface area (Å²) in [5.74, 6) is -2.45. The van der Waals surface area contributed by atoms with Gasteiger partial charge in [-0.2, -0.15) is 0 Å². The van der Waals surface area contributed by atoms with Gasteiger partial charge in [0.05, 0.1) is 12.7 Å². The second-order valence-corrected chi connectivity index (χ2v) is 2.55. The minimum Gasteiger partial charge on any atom is -0.480 e. The molecule has 8 nitrogen and oxygen atoms in total. The lowest BCUT2D eigenvalue weighted by Gasteiger charge is -2.06. The van der Waals surface area contributed by atoms with Crippen LogP contribution in [0.5, 0.6) is 0 Å². The van der Waals surface area contributed by atoms with E-state index in [1.807, 2.05) is 0 Å². The van der Waals surface area contributed by atoms with Crippen LogP contribution in [0.1, 0.15) is 10.5 Å². The van der Waals surface area contributed by atoms with Gasteiger partial charge < -0.3 is 15.9 Å². The highest BCUT2D eigenvalue weighted by Crippen LogP contribution is 1.97. The molecule has 0 bridgehead atoms. The summed E-state index contributed by atoms with van der Waals surface area (Å²) in [5, 5.41) is 23.8. The van der Waals surface area contributed by atoms with Crippen molar-refractivity contribution in [1.82, 2.24) is 15.0 Å². The second-order valence-electron chi connectivity index (χ2n) is 2.55. The maximum atomic E-state index is 10.5. The fourth-order valence-corrected chi connectivity index (χ4v) is 0.823. The van der Waals surface area contributed by atoms with Gasteiger partial charge in [0.2, 0.25) is 0 Å². The molecule has 1 heterocycles. The third-order valence-corrected chi connectivity index (χ3v) is 1.52. The van der Waals surface area contributed by atoms with E-state index in [9.17, 15) is 9.59 Å². The van der Waals surface area contributed by atoms with E-state index in [1.165, 1.54) is 0 Å². The van der Waals surface area contributed by atoms with Crippen LogP contribution >= 0.6 is 0 Å². The van der Waals surface area contributed by atoms with Gasteiger partial charge in [0, 0.05) is 0 Å². The first-order valence-electron chi connectivity index (χ1n) is 3.62. The van der Waals surface area contributed by atoms with Gasteiger partial charge in [-0.15, -0.1) is 5.10 Å². The lowest BCUT2D eigenvalue weighted by molar-refractivity contribution is -0.138. The lowest BCUT2D eigenvalue weighted by Crippen LogP contribution is -2.35. The van der Waals surface area contributed by atoms with Gasteiger partial charge in [0.15, 0.2) is 5.69 Å². The molecule has 0 aliphatic heterocycles. The van der Waals surface area contributed by atoms with E-state index in [0.717, 1.165) is 10.9 Å². The van der Waals surface area contributed by atoms with Crippen molar-refractivity contribution in [1.29, 1.82) is 0 Å². The number of aromatic nitrogens is 3. The summed E-state index contributed by atoms with van der Waals surface area (Å²) in [5.41, 5.74) is 5.00. The molecule has 0 radical (unpaired) electrons. The zero-order valence-corrected chi connectivity index (χ0v) is 6.99. The molecule has 1 rings (SSSR count). The van der Waals surface area contributed by atoms with Gasteiger partial charge in [-0.3, -0.25) is 4.79 Å². The predicted molar refractivity (Wildman–Crippen MR) is 42.6 cm³/mol. The molecule has 0 unspecified atom stereocenters. The first-order valence-corrected chi connectivity index (χ1v) is 3.62. The van der Waals surface area contributed by atoms with E-state index >= 15 is 0 Å². The van der Waals surface area contributed by atoms with Crippen molar-refractivity contribution in [2.75, 3.05) is 0 Å². The van der Waals surface area contributed by atoms with Crippen LogP contribution in [0.3, 0.4) is 0 Å². The molecule has 0 aliphatic rings. The fraction of sp³-hybridized carbons (Fsp3) is 0.333. The Morgan fingerprint density at radius 3 is 2.71 bits per heavy atom. The van der Waals surface area contributed by atoms with Crippen LogP contribution in [0.15, 0.2) is 6.20 Å². The minimum atomic E-state index is -1.23. The van der Waals surface area contributed by atoms with E-state index in [1.54, 1.807) is 0 Å². The molecule has 0 spiro atoms. The Kier molecular flexibility index (Phi) is 2.77. The summed E-state index contributed by atoms with van der Waals surface area (Å²) in [6, 6.07) is -1.20. The van der Waals surface area contributed by atoms with Crippen LogP contribution in [0.2, 0.25) is 0 Å². The number of aliphatic carboxylic acids is 1. The fourth-order valence-electron chi connectivity index (χ4n) is 0.823. The first kappa shape index (κ1) is 10.1. The largest absolute Gasteiger partial charge is 0.480 e. The Morgan fingerprint density at radius 1 is 1.57 bits per heavy atom. The molecule has 0 amide bonds. The monoisotopic (exact) mass is 200 g/mol. The van der Waals surface area contributed by atoms with E-state index < -0.39 is 18.0 Å². The second kappa shape index (κ2) is 3.83. The highest BCUT2D eigenvalue weighted by molar-refractivity contribution is 5.85. The Balaban J connectivity index is 2.81. The number of rotatable bonds is 4. The maximum Gasteiger partial charge on any atom is 0.355 e. The number of carbonyl (C=O) groups is 2. The van der Waals surface area contributed by atoms with Crippen molar-refractivity contribution in [3.05, 3.63) is 11.9 Å². The Labute approximate surface area is 77.9 Å². The number of aromatic carboxylic acids is 1. The number of nitrogens with zero attached hydrogens (tertiary/aromatic N) is 3. The topological polar surface area (TPSA) is 131 Å². The number of nitrogens with two attached hydrogens (primary N) is 1. The molecule has 1 atom stereocenters. The predicted octanol–water partition coefficient (Wildman–Crippen LogP) is -1.61. The Bertz CT molecular complexity index is 360. The number of carboxylic acids is 2. The van der Waals surface area contributed by atoms with Crippen molar-refractivity contribution >= 4 is 11.9 Å². The van der Waals surface area contributed by atoms with Crippen molar-refractivity contribution in [2.24, 2.45) is 5.73 Å². The van der Waals surface area contributed by atoms with Gasteiger partial charge in [0.1, 0.15) is 6.04 Å². The van der Waals surface area contributed by atoms with E-state index in [-0.39, 0.29) is 12.2 Å². The zero-order chi connectivity index (χ0) is 10.7. The van der Waals surface area contributed by atoms with Gasteiger partial charge in [-0.1, -0.05) is 5.21 Å². The molecule has 0 saturated carbocycles. The number of hydrogen-bond acceptors (Lipinski definition) is 5. The molecule has 4 N–H and O–H groups in total. The van der Waals surface area contributed by atoms with Crippen molar-refractivity contribution < 1.29 is 19.8 Å². The average Bonchev–Trinajstić information content (AvgIpc) is 2.52. The van der Waals surface area contributed by atoms with Gasteiger partial charge in [-0.05, 0) is 0 Å². The lowest BCUT2D eigenvalue weighted by atomic mass is 10.3.